The van der Waals surface area contributed by atoms with Gasteiger partial charge in [0.05, 0.1) is 5.88 Å². The summed E-state index contributed by atoms with van der Waals surface area (Å²) in [6.45, 7) is 0.188. The number of halogens is 1. The molecule has 17 heavy (non-hydrogen) atoms. The molecule has 0 bridgehead atoms. The van der Waals surface area contributed by atoms with Crippen LogP contribution in [-0.4, -0.2) is 23.4 Å². The smallest absolute Gasteiger partial charge is 0.131 e. The van der Waals surface area contributed by atoms with Gasteiger partial charge in [0, 0.05) is 5.39 Å². The van der Waals surface area contributed by atoms with Crippen molar-refractivity contribution in [2.75, 3.05) is 12.5 Å². The fourth-order valence-corrected chi connectivity index (χ4v) is 1.71. The summed E-state index contributed by atoms with van der Waals surface area (Å²) in [6, 6.07) is 13.8. The molecule has 2 aromatic carbocycles. The van der Waals surface area contributed by atoms with Crippen LogP contribution in [0.5, 0.6) is 5.75 Å². The Hall–Kier alpha value is -1.74. The first-order valence-electron chi connectivity index (χ1n) is 5.21. The topological polar surface area (TPSA) is 41.8 Å². The van der Waals surface area contributed by atoms with Gasteiger partial charge in [-0.3, -0.25) is 0 Å². The third-order valence-electron chi connectivity index (χ3n) is 2.44. The highest BCUT2D eigenvalue weighted by molar-refractivity contribution is 6.28. The van der Waals surface area contributed by atoms with Gasteiger partial charge in [0.2, 0.25) is 0 Å². The summed E-state index contributed by atoms with van der Waals surface area (Å²) in [4.78, 5) is 0. The zero-order valence-corrected chi connectivity index (χ0v) is 9.89. The lowest BCUT2D eigenvalue weighted by Crippen LogP contribution is -2.13. The quantitative estimate of drug-likeness (QED) is 0.391. The maximum absolute atomic E-state index is 8.64. The molecule has 88 valence electrons. The van der Waals surface area contributed by atoms with Crippen LogP contribution < -0.4 is 4.74 Å². The Balaban J connectivity index is 2.24. The van der Waals surface area contributed by atoms with E-state index in [1.807, 2.05) is 42.5 Å². The van der Waals surface area contributed by atoms with Crippen molar-refractivity contribution in [2.24, 2.45) is 5.16 Å². The van der Waals surface area contributed by atoms with Crippen LogP contribution in [-0.2, 0) is 0 Å². The predicted octanol–water partition coefficient (Wildman–Crippen LogP) is 3.29. The number of oxime groups is 1. The highest BCUT2D eigenvalue weighted by atomic mass is 35.5. The van der Waals surface area contributed by atoms with Crippen LogP contribution in [0.15, 0.2) is 47.6 Å². The molecule has 0 radical (unpaired) electrons. The fourth-order valence-electron chi connectivity index (χ4n) is 1.58. The minimum absolute atomic E-state index is 0.154. The predicted molar refractivity (Wildman–Crippen MR) is 69.4 cm³/mol. The van der Waals surface area contributed by atoms with E-state index in [9.17, 15) is 0 Å². The number of hydrogen-bond donors (Lipinski definition) is 1. The van der Waals surface area contributed by atoms with Gasteiger partial charge in [-0.25, -0.2) is 0 Å². The van der Waals surface area contributed by atoms with E-state index in [0.717, 1.165) is 16.5 Å². The average Bonchev–Trinajstić information content (AvgIpc) is 2.40. The standard InChI is InChI=1S/C13H12ClNO2/c14-8-11(15-16)9-17-13-7-3-5-10-4-1-2-6-12(10)13/h1-7,16H,8-9H2. The summed E-state index contributed by atoms with van der Waals surface area (Å²) in [5, 5.41) is 13.8. The first-order chi connectivity index (χ1) is 8.35. The van der Waals surface area contributed by atoms with E-state index >= 15 is 0 Å². The van der Waals surface area contributed by atoms with Crippen molar-refractivity contribution in [3.63, 3.8) is 0 Å². The minimum atomic E-state index is 0.154. The zero-order valence-electron chi connectivity index (χ0n) is 9.14. The Morgan fingerprint density at radius 2 is 1.94 bits per heavy atom. The van der Waals surface area contributed by atoms with E-state index in [0.29, 0.717) is 5.71 Å². The van der Waals surface area contributed by atoms with Crippen molar-refractivity contribution < 1.29 is 9.94 Å². The van der Waals surface area contributed by atoms with Crippen LogP contribution in [0.4, 0.5) is 0 Å². The molecule has 0 aliphatic rings. The van der Waals surface area contributed by atoms with Crippen LogP contribution >= 0.6 is 11.6 Å². The largest absolute Gasteiger partial charge is 0.487 e. The van der Waals surface area contributed by atoms with Crippen molar-refractivity contribution >= 4 is 28.1 Å². The Bertz CT molecular complexity index is 534. The van der Waals surface area contributed by atoms with Gasteiger partial charge in [-0.2, -0.15) is 0 Å². The average molecular weight is 250 g/mol. The molecule has 2 rings (SSSR count). The lowest BCUT2D eigenvalue weighted by Gasteiger charge is -2.08. The molecular weight excluding hydrogens is 238 g/mol. The molecule has 0 amide bonds. The number of fused-ring (bicyclic) bond motifs is 1. The molecule has 1 N–H and O–H groups in total. The summed E-state index contributed by atoms with van der Waals surface area (Å²) in [5.41, 5.74) is 0.402. The summed E-state index contributed by atoms with van der Waals surface area (Å²) < 4.78 is 5.59. The molecule has 0 aromatic heterocycles. The maximum atomic E-state index is 8.64. The molecule has 0 saturated heterocycles. The second-order valence-electron chi connectivity index (χ2n) is 3.57. The van der Waals surface area contributed by atoms with Gasteiger partial charge in [0.25, 0.3) is 0 Å². The first-order valence-corrected chi connectivity index (χ1v) is 5.75. The summed E-state index contributed by atoms with van der Waals surface area (Å²) in [6.07, 6.45) is 0. The SMILES string of the molecule is ON=C(CCl)COc1cccc2ccccc12. The Morgan fingerprint density at radius 1 is 1.18 bits per heavy atom. The van der Waals surface area contributed by atoms with E-state index in [1.165, 1.54) is 0 Å². The van der Waals surface area contributed by atoms with E-state index in [1.54, 1.807) is 0 Å². The third kappa shape index (κ3) is 2.68. The molecule has 0 aliphatic heterocycles. The number of rotatable bonds is 4. The molecular formula is C13H12ClNO2. The van der Waals surface area contributed by atoms with Crippen LogP contribution in [0.1, 0.15) is 0 Å². The molecule has 3 nitrogen and oxygen atoms in total. The number of benzene rings is 2. The summed E-state index contributed by atoms with van der Waals surface area (Å²) in [5.74, 6) is 0.913. The van der Waals surface area contributed by atoms with Crippen LogP contribution in [0.3, 0.4) is 0 Å². The highest BCUT2D eigenvalue weighted by Crippen LogP contribution is 2.24. The van der Waals surface area contributed by atoms with Gasteiger partial charge in [-0.15, -0.1) is 11.6 Å². The third-order valence-corrected chi connectivity index (χ3v) is 2.75. The second kappa shape index (κ2) is 5.55. The number of alkyl halides is 1. The number of hydrogen-bond acceptors (Lipinski definition) is 3. The van der Waals surface area contributed by atoms with E-state index < -0.39 is 0 Å². The van der Waals surface area contributed by atoms with E-state index in [4.69, 9.17) is 21.5 Å². The number of nitrogens with zero attached hydrogens (tertiary/aromatic N) is 1. The lowest BCUT2D eigenvalue weighted by atomic mass is 10.1. The molecule has 0 saturated carbocycles. The molecule has 0 spiro atoms. The van der Waals surface area contributed by atoms with Crippen molar-refractivity contribution in [1.29, 1.82) is 0 Å². The molecule has 2 aromatic rings. The van der Waals surface area contributed by atoms with Crippen molar-refractivity contribution in [3.05, 3.63) is 42.5 Å². The van der Waals surface area contributed by atoms with Gasteiger partial charge in [0.1, 0.15) is 18.1 Å². The Morgan fingerprint density at radius 3 is 2.71 bits per heavy atom. The van der Waals surface area contributed by atoms with Crippen LogP contribution in [0.25, 0.3) is 10.8 Å². The zero-order chi connectivity index (χ0) is 12.1. The van der Waals surface area contributed by atoms with Gasteiger partial charge in [-0.1, -0.05) is 41.6 Å². The number of ether oxygens (including phenoxy) is 1. The van der Waals surface area contributed by atoms with E-state index in [-0.39, 0.29) is 12.5 Å². The second-order valence-corrected chi connectivity index (χ2v) is 3.83. The summed E-state index contributed by atoms with van der Waals surface area (Å²) in [7, 11) is 0. The Labute approximate surface area is 104 Å². The minimum Gasteiger partial charge on any atom is -0.487 e. The van der Waals surface area contributed by atoms with E-state index in [2.05, 4.69) is 5.16 Å². The normalized spacial score (nSPS) is 11.7. The molecule has 0 unspecified atom stereocenters. The van der Waals surface area contributed by atoms with Gasteiger partial charge in [-0.05, 0) is 11.5 Å². The first kappa shape index (κ1) is 11.7. The summed E-state index contributed by atoms with van der Waals surface area (Å²) >= 11 is 5.58. The van der Waals surface area contributed by atoms with Gasteiger partial charge < -0.3 is 9.94 Å². The van der Waals surface area contributed by atoms with Crippen molar-refractivity contribution in [1.82, 2.24) is 0 Å². The highest BCUT2D eigenvalue weighted by Gasteiger charge is 2.03. The maximum Gasteiger partial charge on any atom is 0.131 e. The monoisotopic (exact) mass is 249 g/mol. The van der Waals surface area contributed by atoms with Crippen molar-refractivity contribution in [3.8, 4) is 5.75 Å². The van der Waals surface area contributed by atoms with Crippen molar-refractivity contribution in [2.45, 2.75) is 0 Å². The van der Waals surface area contributed by atoms with Gasteiger partial charge in [0.15, 0.2) is 0 Å². The molecule has 0 aliphatic carbocycles. The Kier molecular flexibility index (Phi) is 3.83. The fraction of sp³-hybridized carbons (Fsp3) is 0.154. The van der Waals surface area contributed by atoms with Gasteiger partial charge >= 0.3 is 0 Å². The molecule has 0 atom stereocenters. The molecule has 4 heteroatoms. The molecule has 0 fully saturated rings. The van der Waals surface area contributed by atoms with Crippen LogP contribution in [0, 0.1) is 0 Å². The van der Waals surface area contributed by atoms with Crippen LogP contribution in [0.2, 0.25) is 0 Å². The lowest BCUT2D eigenvalue weighted by molar-refractivity contribution is 0.308. The molecule has 0 heterocycles.